The first kappa shape index (κ1) is 16.4. The molecule has 0 saturated carbocycles. The van der Waals surface area contributed by atoms with E-state index < -0.39 is 0 Å². The number of piperidine rings is 1. The lowest BCUT2D eigenvalue weighted by Crippen LogP contribution is -2.42. The Labute approximate surface area is 142 Å². The smallest absolute Gasteiger partial charge is 0.273 e. The van der Waals surface area contributed by atoms with E-state index in [0.29, 0.717) is 18.5 Å². The van der Waals surface area contributed by atoms with Crippen molar-refractivity contribution < 1.29 is 4.79 Å². The third-order valence-electron chi connectivity index (χ3n) is 4.61. The molecule has 6 nitrogen and oxygen atoms in total. The molecule has 0 bridgehead atoms. The summed E-state index contributed by atoms with van der Waals surface area (Å²) in [5.74, 6) is 0.254. The number of aromatic nitrogens is 2. The predicted octanol–water partition coefficient (Wildman–Crippen LogP) is 1.87. The number of nitrogen functional groups attached to an aromatic ring is 1. The molecule has 1 saturated heterocycles. The number of carbonyl (C=O) groups is 1. The van der Waals surface area contributed by atoms with E-state index in [1.807, 2.05) is 6.07 Å². The number of hydrogen-bond donors (Lipinski definition) is 2. The van der Waals surface area contributed by atoms with E-state index in [9.17, 15) is 4.79 Å². The van der Waals surface area contributed by atoms with Gasteiger partial charge in [-0.3, -0.25) is 9.69 Å². The summed E-state index contributed by atoms with van der Waals surface area (Å²) in [7, 11) is 2.15. The molecule has 0 unspecified atom stereocenters. The number of hydrogen-bond acceptors (Lipinski definition) is 5. The maximum Gasteiger partial charge on any atom is 0.273 e. The van der Waals surface area contributed by atoms with Gasteiger partial charge in [-0.1, -0.05) is 30.3 Å². The van der Waals surface area contributed by atoms with Crippen LogP contribution in [0.15, 0.2) is 42.7 Å². The van der Waals surface area contributed by atoms with Gasteiger partial charge < -0.3 is 11.1 Å². The van der Waals surface area contributed by atoms with Crippen molar-refractivity contribution in [1.82, 2.24) is 20.2 Å². The topological polar surface area (TPSA) is 84.1 Å². The number of benzene rings is 1. The van der Waals surface area contributed by atoms with Gasteiger partial charge in [0.2, 0.25) is 0 Å². The van der Waals surface area contributed by atoms with Crippen LogP contribution in [0.3, 0.4) is 0 Å². The summed E-state index contributed by atoms with van der Waals surface area (Å²) in [6.45, 7) is 1.67. The van der Waals surface area contributed by atoms with Crippen molar-refractivity contribution in [3.8, 4) is 0 Å². The summed E-state index contributed by atoms with van der Waals surface area (Å²) >= 11 is 0. The number of nitrogens with two attached hydrogens (primary N) is 1. The molecule has 1 aliphatic heterocycles. The average Bonchev–Trinajstić information content (AvgIpc) is 2.61. The highest BCUT2D eigenvalue weighted by molar-refractivity contribution is 5.96. The molecule has 3 N–H and O–H groups in total. The fourth-order valence-corrected chi connectivity index (χ4v) is 3.48. The zero-order valence-electron chi connectivity index (χ0n) is 13.9. The Morgan fingerprint density at radius 1 is 1.29 bits per heavy atom. The number of nitrogens with one attached hydrogen (secondary N) is 1. The molecule has 126 valence electrons. The zero-order valence-corrected chi connectivity index (χ0v) is 13.9. The average molecular weight is 325 g/mol. The molecule has 0 aliphatic carbocycles. The first-order valence-electron chi connectivity index (χ1n) is 8.26. The van der Waals surface area contributed by atoms with E-state index in [2.05, 4.69) is 51.5 Å². The molecule has 1 aromatic carbocycles. The van der Waals surface area contributed by atoms with Crippen molar-refractivity contribution in [2.45, 2.75) is 18.9 Å². The van der Waals surface area contributed by atoms with Gasteiger partial charge in [-0.05, 0) is 37.9 Å². The Kier molecular flexibility index (Phi) is 5.05. The Hall–Kier alpha value is -2.47. The van der Waals surface area contributed by atoms with Gasteiger partial charge in [0.1, 0.15) is 0 Å². The molecule has 6 heteroatoms. The van der Waals surface area contributed by atoms with Gasteiger partial charge in [0.05, 0.1) is 0 Å². The van der Waals surface area contributed by atoms with Crippen molar-refractivity contribution in [3.05, 3.63) is 54.0 Å². The highest BCUT2D eigenvalue weighted by Crippen LogP contribution is 2.34. The fourth-order valence-electron chi connectivity index (χ4n) is 3.48. The molecule has 2 aromatic rings. The largest absolute Gasteiger partial charge is 0.382 e. The van der Waals surface area contributed by atoms with Crippen LogP contribution in [0.4, 0.5) is 5.82 Å². The molecule has 1 aromatic heterocycles. The highest BCUT2D eigenvalue weighted by atomic mass is 16.1. The monoisotopic (exact) mass is 325 g/mol. The van der Waals surface area contributed by atoms with Crippen LogP contribution >= 0.6 is 0 Å². The highest BCUT2D eigenvalue weighted by Gasteiger charge is 2.30. The molecule has 1 aliphatic rings. The second kappa shape index (κ2) is 7.40. The first-order valence-corrected chi connectivity index (χ1v) is 8.26. The van der Waals surface area contributed by atoms with Crippen LogP contribution in [0.5, 0.6) is 0 Å². The van der Waals surface area contributed by atoms with E-state index in [1.165, 1.54) is 18.0 Å². The van der Waals surface area contributed by atoms with Gasteiger partial charge in [0.15, 0.2) is 11.5 Å². The van der Waals surface area contributed by atoms with E-state index in [0.717, 1.165) is 19.4 Å². The van der Waals surface area contributed by atoms with E-state index in [1.54, 1.807) is 0 Å². The predicted molar refractivity (Wildman–Crippen MR) is 93.3 cm³/mol. The quantitative estimate of drug-likeness (QED) is 0.896. The molecule has 1 amide bonds. The lowest BCUT2D eigenvalue weighted by molar-refractivity contribution is 0.0887. The SMILES string of the molecule is CN1CCC[C@H](CNC(=O)c2nccnc2N)[C@@H]1c1ccccc1. The van der Waals surface area contributed by atoms with Crippen LogP contribution < -0.4 is 11.1 Å². The maximum absolute atomic E-state index is 12.3. The van der Waals surface area contributed by atoms with Gasteiger partial charge >= 0.3 is 0 Å². The van der Waals surface area contributed by atoms with Gasteiger partial charge in [-0.15, -0.1) is 0 Å². The first-order chi connectivity index (χ1) is 11.7. The van der Waals surface area contributed by atoms with Crippen molar-refractivity contribution in [3.63, 3.8) is 0 Å². The number of amides is 1. The Bertz CT molecular complexity index is 691. The molecule has 3 rings (SSSR count). The van der Waals surface area contributed by atoms with Crippen LogP contribution in [0.25, 0.3) is 0 Å². The minimum absolute atomic E-state index is 0.162. The second-order valence-electron chi connectivity index (χ2n) is 6.24. The van der Waals surface area contributed by atoms with Crippen LogP contribution in [-0.4, -0.2) is 40.9 Å². The van der Waals surface area contributed by atoms with Crippen LogP contribution in [0, 0.1) is 5.92 Å². The summed E-state index contributed by atoms with van der Waals surface area (Å²) in [5.41, 5.74) is 7.21. The lowest BCUT2D eigenvalue weighted by Gasteiger charge is -2.39. The Morgan fingerprint density at radius 2 is 2.04 bits per heavy atom. The number of anilines is 1. The summed E-state index contributed by atoms with van der Waals surface area (Å²) < 4.78 is 0. The van der Waals surface area contributed by atoms with Crippen molar-refractivity contribution in [1.29, 1.82) is 0 Å². The van der Waals surface area contributed by atoms with Crippen LogP contribution in [0.1, 0.15) is 34.9 Å². The molecule has 1 fully saturated rings. The van der Waals surface area contributed by atoms with Gasteiger partial charge in [-0.2, -0.15) is 0 Å². The summed E-state index contributed by atoms with van der Waals surface area (Å²) in [4.78, 5) is 22.6. The van der Waals surface area contributed by atoms with E-state index in [4.69, 9.17) is 5.73 Å². The van der Waals surface area contributed by atoms with Gasteiger partial charge in [0, 0.05) is 25.0 Å². The number of nitrogens with zero attached hydrogens (tertiary/aromatic N) is 3. The van der Waals surface area contributed by atoms with Crippen LogP contribution in [0.2, 0.25) is 0 Å². The molecule has 24 heavy (non-hydrogen) atoms. The van der Waals surface area contributed by atoms with Crippen LogP contribution in [-0.2, 0) is 0 Å². The van der Waals surface area contributed by atoms with E-state index >= 15 is 0 Å². The third-order valence-corrected chi connectivity index (χ3v) is 4.61. The number of rotatable bonds is 4. The van der Waals surface area contributed by atoms with Crippen molar-refractivity contribution in [2.75, 3.05) is 25.9 Å². The standard InChI is InChI=1S/C18H23N5O/c1-23-11-5-8-14(16(23)13-6-3-2-4-7-13)12-22-18(24)15-17(19)21-10-9-20-15/h2-4,6-7,9-10,14,16H,5,8,11-12H2,1H3,(H2,19,21)(H,22,24)/t14-,16+/m1/s1. The second-order valence-corrected chi connectivity index (χ2v) is 6.24. The molecular weight excluding hydrogens is 302 g/mol. The number of carbonyl (C=O) groups excluding carboxylic acids is 1. The molecule has 2 heterocycles. The lowest BCUT2D eigenvalue weighted by atomic mass is 9.85. The van der Waals surface area contributed by atoms with Crippen molar-refractivity contribution >= 4 is 11.7 Å². The molecule has 0 spiro atoms. The molecule has 0 radical (unpaired) electrons. The Morgan fingerprint density at radius 3 is 2.79 bits per heavy atom. The summed E-state index contributed by atoms with van der Waals surface area (Å²) in [5, 5.41) is 2.98. The molecular formula is C18H23N5O. The van der Waals surface area contributed by atoms with Gasteiger partial charge in [0.25, 0.3) is 5.91 Å². The third kappa shape index (κ3) is 3.54. The summed E-state index contributed by atoms with van der Waals surface area (Å²) in [6.07, 6.45) is 5.17. The van der Waals surface area contributed by atoms with Gasteiger partial charge in [-0.25, -0.2) is 9.97 Å². The minimum Gasteiger partial charge on any atom is -0.382 e. The number of likely N-dealkylation sites (tertiary alicyclic amines) is 1. The zero-order chi connectivity index (χ0) is 16.9. The Balaban J connectivity index is 1.71. The fraction of sp³-hybridized carbons (Fsp3) is 0.389. The van der Waals surface area contributed by atoms with E-state index in [-0.39, 0.29) is 17.4 Å². The normalized spacial score (nSPS) is 21.4. The van der Waals surface area contributed by atoms with Crippen molar-refractivity contribution in [2.24, 2.45) is 5.92 Å². The summed E-state index contributed by atoms with van der Waals surface area (Å²) in [6, 6.07) is 10.8. The maximum atomic E-state index is 12.3. The minimum atomic E-state index is -0.263. The molecule has 2 atom stereocenters.